The maximum absolute atomic E-state index is 13.4. The van der Waals surface area contributed by atoms with Crippen LogP contribution in [0.4, 0.5) is 4.39 Å². The number of aliphatic hydroxyl groups excluding tert-OH is 1. The lowest BCUT2D eigenvalue weighted by atomic mass is 9.96. The minimum Gasteiger partial charge on any atom is -0.387 e. The molecule has 0 heterocycles. The molecule has 0 aliphatic rings. The zero-order valence-corrected chi connectivity index (χ0v) is 10.6. The van der Waals surface area contributed by atoms with Gasteiger partial charge < -0.3 is 10.8 Å². The molecular weight excluding hydrogens is 261 g/mol. The van der Waals surface area contributed by atoms with E-state index in [-0.39, 0.29) is 5.82 Å². The van der Waals surface area contributed by atoms with Gasteiger partial charge in [-0.2, -0.15) is 0 Å². The highest BCUT2D eigenvalue weighted by molar-refractivity contribution is 9.10. The van der Waals surface area contributed by atoms with E-state index >= 15 is 0 Å². The number of hydrogen-bond acceptors (Lipinski definition) is 2. The second-order valence-electron chi connectivity index (χ2n) is 3.83. The van der Waals surface area contributed by atoms with Gasteiger partial charge in [0.15, 0.2) is 0 Å². The molecule has 2 unspecified atom stereocenters. The number of hydrogen-bond donors (Lipinski definition) is 2. The number of nitrogens with two attached hydrogens (primary N) is 1. The number of rotatable bonds is 2. The predicted molar refractivity (Wildman–Crippen MR) is 62.2 cm³/mol. The summed E-state index contributed by atoms with van der Waals surface area (Å²) >= 11 is 3.14. The van der Waals surface area contributed by atoms with Crippen molar-refractivity contribution in [3.05, 3.63) is 33.0 Å². The van der Waals surface area contributed by atoms with Gasteiger partial charge in [0.1, 0.15) is 5.82 Å². The van der Waals surface area contributed by atoms with Crippen LogP contribution in [0.5, 0.6) is 0 Å². The summed E-state index contributed by atoms with van der Waals surface area (Å²) in [5.74, 6) is -0.368. The molecule has 0 aliphatic carbocycles. The van der Waals surface area contributed by atoms with Crippen LogP contribution in [0.2, 0.25) is 0 Å². The van der Waals surface area contributed by atoms with Gasteiger partial charge in [-0.25, -0.2) is 4.39 Å². The Morgan fingerprint density at radius 2 is 2.00 bits per heavy atom. The molecule has 4 heteroatoms. The second kappa shape index (κ2) is 4.60. The lowest BCUT2D eigenvalue weighted by molar-refractivity contribution is 0.151. The molecular formula is C11H15BrFNO. The van der Waals surface area contributed by atoms with Crippen molar-refractivity contribution >= 4 is 15.9 Å². The van der Waals surface area contributed by atoms with Crippen LogP contribution >= 0.6 is 15.9 Å². The Morgan fingerprint density at radius 1 is 1.47 bits per heavy atom. The Balaban J connectivity index is 3.39. The van der Waals surface area contributed by atoms with Crippen molar-refractivity contribution in [2.75, 3.05) is 0 Å². The fraction of sp³-hybridized carbons (Fsp3) is 0.455. The normalized spacial score (nSPS) is 15.1. The van der Waals surface area contributed by atoms with Gasteiger partial charge in [-0.3, -0.25) is 0 Å². The zero-order valence-electron chi connectivity index (χ0n) is 9.01. The standard InChI is InChI=1S/C11H15BrFNO/c1-5-4-8(13)10(12)9(6(5)2)11(15)7(3)14/h4,7,11,15H,14H2,1-3H3. The summed E-state index contributed by atoms with van der Waals surface area (Å²) in [6.45, 7) is 5.35. The molecule has 15 heavy (non-hydrogen) atoms. The van der Waals surface area contributed by atoms with E-state index in [4.69, 9.17) is 5.73 Å². The van der Waals surface area contributed by atoms with E-state index in [1.165, 1.54) is 6.07 Å². The topological polar surface area (TPSA) is 46.2 Å². The van der Waals surface area contributed by atoms with Crippen LogP contribution in [0.1, 0.15) is 29.7 Å². The van der Waals surface area contributed by atoms with E-state index in [2.05, 4.69) is 15.9 Å². The van der Waals surface area contributed by atoms with Crippen molar-refractivity contribution in [2.45, 2.75) is 32.9 Å². The molecule has 0 saturated heterocycles. The summed E-state index contributed by atoms with van der Waals surface area (Å²) in [6, 6.07) is 1.01. The van der Waals surface area contributed by atoms with E-state index < -0.39 is 12.1 Å². The summed E-state index contributed by atoms with van der Waals surface area (Å²) in [4.78, 5) is 0. The van der Waals surface area contributed by atoms with Crippen molar-refractivity contribution in [3.63, 3.8) is 0 Å². The third-order valence-electron chi connectivity index (χ3n) is 2.58. The van der Waals surface area contributed by atoms with Crippen LogP contribution in [-0.4, -0.2) is 11.1 Å². The van der Waals surface area contributed by atoms with E-state index in [1.54, 1.807) is 6.92 Å². The largest absolute Gasteiger partial charge is 0.387 e. The first-order valence-electron chi connectivity index (χ1n) is 4.75. The molecule has 0 bridgehead atoms. The molecule has 3 N–H and O–H groups in total. The maximum atomic E-state index is 13.4. The number of aryl methyl sites for hydroxylation is 1. The van der Waals surface area contributed by atoms with Gasteiger partial charge in [-0.15, -0.1) is 0 Å². The molecule has 0 aliphatic heterocycles. The molecule has 1 aromatic rings. The highest BCUT2D eigenvalue weighted by Crippen LogP contribution is 2.32. The third-order valence-corrected chi connectivity index (χ3v) is 3.38. The zero-order chi connectivity index (χ0) is 11.7. The molecule has 0 amide bonds. The molecule has 2 nitrogen and oxygen atoms in total. The quantitative estimate of drug-likeness (QED) is 0.872. The molecule has 84 valence electrons. The van der Waals surface area contributed by atoms with E-state index in [0.29, 0.717) is 10.0 Å². The Morgan fingerprint density at radius 3 is 2.47 bits per heavy atom. The van der Waals surface area contributed by atoms with Gasteiger partial charge in [0, 0.05) is 11.6 Å². The fourth-order valence-electron chi connectivity index (χ4n) is 1.48. The van der Waals surface area contributed by atoms with E-state index in [0.717, 1.165) is 11.1 Å². The average Bonchev–Trinajstić information content (AvgIpc) is 2.15. The van der Waals surface area contributed by atoms with Gasteiger partial charge in [-0.05, 0) is 53.9 Å². The number of aliphatic hydroxyl groups is 1. The minimum absolute atomic E-state index is 0.301. The molecule has 0 radical (unpaired) electrons. The van der Waals surface area contributed by atoms with Crippen molar-refractivity contribution in [2.24, 2.45) is 5.73 Å². The summed E-state index contributed by atoms with van der Waals surface area (Å²) in [5.41, 5.74) is 7.84. The minimum atomic E-state index is -0.853. The van der Waals surface area contributed by atoms with E-state index in [9.17, 15) is 9.50 Å². The molecule has 0 saturated carbocycles. The predicted octanol–water partition coefficient (Wildman–Crippen LogP) is 2.59. The van der Waals surface area contributed by atoms with Gasteiger partial charge in [0.25, 0.3) is 0 Å². The lowest BCUT2D eigenvalue weighted by Crippen LogP contribution is -2.25. The Labute approximate surface area is 97.4 Å². The van der Waals surface area contributed by atoms with Gasteiger partial charge in [-0.1, -0.05) is 0 Å². The van der Waals surface area contributed by atoms with Crippen molar-refractivity contribution < 1.29 is 9.50 Å². The maximum Gasteiger partial charge on any atom is 0.138 e. The van der Waals surface area contributed by atoms with Crippen LogP contribution < -0.4 is 5.73 Å². The highest BCUT2D eigenvalue weighted by atomic mass is 79.9. The van der Waals surface area contributed by atoms with Gasteiger partial charge >= 0.3 is 0 Å². The van der Waals surface area contributed by atoms with Gasteiger partial charge in [0.2, 0.25) is 0 Å². The Kier molecular flexibility index (Phi) is 3.87. The summed E-state index contributed by atoms with van der Waals surface area (Å²) in [7, 11) is 0. The SMILES string of the molecule is Cc1cc(F)c(Br)c(C(O)C(C)N)c1C. The van der Waals surface area contributed by atoms with Crippen molar-refractivity contribution in [3.8, 4) is 0 Å². The molecule has 0 aromatic heterocycles. The Hall–Kier alpha value is -0.450. The number of halogens is 2. The van der Waals surface area contributed by atoms with Crippen molar-refractivity contribution in [1.82, 2.24) is 0 Å². The summed E-state index contributed by atoms with van der Waals surface area (Å²) in [6.07, 6.45) is -0.853. The fourth-order valence-corrected chi connectivity index (χ4v) is 2.13. The van der Waals surface area contributed by atoms with E-state index in [1.807, 2.05) is 13.8 Å². The second-order valence-corrected chi connectivity index (χ2v) is 4.62. The highest BCUT2D eigenvalue weighted by Gasteiger charge is 2.21. The molecule has 0 fully saturated rings. The molecule has 1 aromatic carbocycles. The first-order chi connectivity index (χ1) is 6.86. The van der Waals surface area contributed by atoms with Gasteiger partial charge in [0.05, 0.1) is 10.6 Å². The molecule has 0 spiro atoms. The summed E-state index contributed by atoms with van der Waals surface area (Å²) in [5, 5.41) is 9.89. The monoisotopic (exact) mass is 275 g/mol. The number of benzene rings is 1. The summed E-state index contributed by atoms with van der Waals surface area (Å²) < 4.78 is 13.7. The van der Waals surface area contributed by atoms with Crippen LogP contribution in [0, 0.1) is 19.7 Å². The van der Waals surface area contributed by atoms with Crippen LogP contribution in [-0.2, 0) is 0 Å². The third kappa shape index (κ3) is 2.38. The lowest BCUT2D eigenvalue weighted by Gasteiger charge is -2.20. The molecule has 1 rings (SSSR count). The van der Waals surface area contributed by atoms with Crippen LogP contribution in [0.15, 0.2) is 10.5 Å². The average molecular weight is 276 g/mol. The smallest absolute Gasteiger partial charge is 0.138 e. The Bertz CT molecular complexity index is 353. The van der Waals surface area contributed by atoms with Crippen molar-refractivity contribution in [1.29, 1.82) is 0 Å². The first-order valence-corrected chi connectivity index (χ1v) is 5.54. The first kappa shape index (κ1) is 12.6. The van der Waals surface area contributed by atoms with Crippen LogP contribution in [0.3, 0.4) is 0 Å². The molecule has 2 atom stereocenters. The van der Waals surface area contributed by atoms with Crippen LogP contribution in [0.25, 0.3) is 0 Å².